The summed E-state index contributed by atoms with van der Waals surface area (Å²) in [5.41, 5.74) is 1.13. The van der Waals surface area contributed by atoms with E-state index in [1.54, 1.807) is 6.07 Å². The molecular formula is C7H6Br2Cl2Mg. The first kappa shape index (κ1) is 19.2. The van der Waals surface area contributed by atoms with Crippen LogP contribution in [0.2, 0.25) is 10.0 Å². The number of hydrogen-bond donors (Lipinski definition) is 0. The number of halogens is 4. The molecule has 5 heteroatoms. The summed E-state index contributed by atoms with van der Waals surface area (Å²) in [7, 11) is 0. The fourth-order valence-electron chi connectivity index (χ4n) is 0.601. The van der Waals surface area contributed by atoms with Gasteiger partial charge < -0.3 is 34.0 Å². The first-order valence-electron chi connectivity index (χ1n) is 2.62. The second-order valence-electron chi connectivity index (χ2n) is 1.92. The summed E-state index contributed by atoms with van der Waals surface area (Å²) in [4.78, 5) is 0. The Balaban J connectivity index is -0.000000270. The molecule has 0 aliphatic rings. The van der Waals surface area contributed by atoms with Crippen LogP contribution in [0.3, 0.4) is 0 Å². The van der Waals surface area contributed by atoms with E-state index in [0.717, 1.165) is 5.56 Å². The molecule has 64 valence electrons. The van der Waals surface area contributed by atoms with Crippen molar-refractivity contribution in [3.63, 3.8) is 0 Å². The summed E-state index contributed by atoms with van der Waals surface area (Å²) in [5.74, 6) is 0. The van der Waals surface area contributed by atoms with E-state index >= 15 is 0 Å². The third-order valence-corrected chi connectivity index (χ3v) is 1.81. The van der Waals surface area contributed by atoms with Gasteiger partial charge in [-0.1, -0.05) is 29.3 Å². The van der Waals surface area contributed by atoms with E-state index in [-0.39, 0.29) is 57.0 Å². The quantitative estimate of drug-likeness (QED) is 0.438. The first-order valence-corrected chi connectivity index (χ1v) is 3.37. The third kappa shape index (κ3) is 6.05. The fraction of sp³-hybridized carbons (Fsp3) is 0.143. The van der Waals surface area contributed by atoms with Crippen molar-refractivity contribution in [3.05, 3.63) is 33.8 Å². The number of hydrogen-bond acceptors (Lipinski definition) is 0. The molecule has 0 spiro atoms. The normalized spacial score (nSPS) is 7.25. The Morgan fingerprint density at radius 2 is 1.50 bits per heavy atom. The van der Waals surface area contributed by atoms with Crippen molar-refractivity contribution in [2.75, 3.05) is 0 Å². The Morgan fingerprint density at radius 3 is 1.83 bits per heavy atom. The molecule has 0 aliphatic heterocycles. The molecule has 0 amide bonds. The second kappa shape index (κ2) is 9.10. The van der Waals surface area contributed by atoms with E-state index in [2.05, 4.69) is 0 Å². The summed E-state index contributed by atoms with van der Waals surface area (Å²) in [6.07, 6.45) is 0. The van der Waals surface area contributed by atoms with Gasteiger partial charge in [0, 0.05) is 0 Å². The number of benzene rings is 1. The summed E-state index contributed by atoms with van der Waals surface area (Å²) in [6, 6.07) is 5.55. The van der Waals surface area contributed by atoms with Crippen LogP contribution in [0, 0.1) is 6.92 Å². The van der Waals surface area contributed by atoms with Crippen LogP contribution in [-0.2, 0) is 0 Å². The van der Waals surface area contributed by atoms with Gasteiger partial charge in [0.05, 0.1) is 10.0 Å². The average molecular weight is 345 g/mol. The first-order chi connectivity index (χ1) is 4.20. The zero-order valence-electron chi connectivity index (χ0n) is 6.45. The molecule has 0 radical (unpaired) electrons. The molecule has 1 aromatic carbocycles. The van der Waals surface area contributed by atoms with Crippen LogP contribution < -0.4 is 34.0 Å². The number of rotatable bonds is 0. The molecule has 0 fully saturated rings. The Hall–Kier alpha value is 1.53. The molecule has 0 nitrogen and oxygen atoms in total. The zero-order chi connectivity index (χ0) is 6.85. The molecule has 0 bridgehead atoms. The molecule has 0 aliphatic carbocycles. The van der Waals surface area contributed by atoms with Crippen molar-refractivity contribution in [3.8, 4) is 0 Å². The maximum Gasteiger partial charge on any atom is 2.00 e. The van der Waals surface area contributed by atoms with Crippen molar-refractivity contribution in [2.24, 2.45) is 0 Å². The van der Waals surface area contributed by atoms with E-state index in [9.17, 15) is 0 Å². The monoisotopic (exact) mass is 342 g/mol. The molecule has 0 unspecified atom stereocenters. The zero-order valence-corrected chi connectivity index (χ0v) is 12.5. The van der Waals surface area contributed by atoms with E-state index < -0.39 is 0 Å². The van der Waals surface area contributed by atoms with Crippen molar-refractivity contribution in [1.29, 1.82) is 0 Å². The maximum absolute atomic E-state index is 5.68. The van der Waals surface area contributed by atoms with Gasteiger partial charge in [0.15, 0.2) is 0 Å². The minimum atomic E-state index is 0. The number of aryl methyl sites for hydroxylation is 1. The molecule has 0 aromatic heterocycles. The smallest absolute Gasteiger partial charge is 1.00 e. The van der Waals surface area contributed by atoms with Gasteiger partial charge in [-0.15, -0.1) is 0 Å². The van der Waals surface area contributed by atoms with Gasteiger partial charge in [0.1, 0.15) is 0 Å². The standard InChI is InChI=1S/C7H6Cl2.2BrH.Mg/c1-5-2-3-6(8)7(9)4-5;;;/h2-4H,1H3;2*1H;/q;;;+2/p-2. The van der Waals surface area contributed by atoms with Crippen LogP contribution in [0.4, 0.5) is 0 Å². The van der Waals surface area contributed by atoms with Crippen molar-refractivity contribution in [1.82, 2.24) is 0 Å². The van der Waals surface area contributed by atoms with Crippen LogP contribution in [0.1, 0.15) is 5.56 Å². The molecule has 0 heterocycles. The van der Waals surface area contributed by atoms with Crippen LogP contribution >= 0.6 is 23.2 Å². The molecule has 0 saturated heterocycles. The van der Waals surface area contributed by atoms with Gasteiger partial charge in [-0.3, -0.25) is 0 Å². The van der Waals surface area contributed by atoms with Gasteiger partial charge in [0.25, 0.3) is 0 Å². The van der Waals surface area contributed by atoms with E-state index in [1.807, 2.05) is 19.1 Å². The SMILES string of the molecule is Cc1ccc(Cl)c(Cl)c1.[Br-].[Br-].[Mg+2]. The fourth-order valence-corrected chi connectivity index (χ4v) is 0.954. The summed E-state index contributed by atoms with van der Waals surface area (Å²) in [5, 5.41) is 1.24. The minimum absolute atomic E-state index is 0. The van der Waals surface area contributed by atoms with Gasteiger partial charge in [0.2, 0.25) is 0 Å². The third-order valence-electron chi connectivity index (χ3n) is 1.08. The molecule has 1 aromatic rings. The Labute approximate surface area is 120 Å². The van der Waals surface area contributed by atoms with Crippen molar-refractivity contribution in [2.45, 2.75) is 6.92 Å². The Bertz CT molecular complexity index is 231. The average Bonchev–Trinajstić information content (AvgIpc) is 1.80. The molecule has 1 rings (SSSR count). The Morgan fingerprint density at radius 1 is 1.00 bits per heavy atom. The van der Waals surface area contributed by atoms with Crippen LogP contribution in [0.5, 0.6) is 0 Å². The topological polar surface area (TPSA) is 0 Å². The van der Waals surface area contributed by atoms with Crippen LogP contribution in [0.15, 0.2) is 18.2 Å². The predicted octanol–water partition coefficient (Wildman–Crippen LogP) is -3.07. The van der Waals surface area contributed by atoms with Crippen molar-refractivity contribution < 1.29 is 34.0 Å². The molecule has 0 N–H and O–H groups in total. The van der Waals surface area contributed by atoms with Crippen LogP contribution in [-0.4, -0.2) is 23.1 Å². The second-order valence-corrected chi connectivity index (χ2v) is 2.73. The van der Waals surface area contributed by atoms with E-state index in [1.165, 1.54) is 0 Å². The minimum Gasteiger partial charge on any atom is -1.00 e. The summed E-state index contributed by atoms with van der Waals surface area (Å²) >= 11 is 11.3. The van der Waals surface area contributed by atoms with Gasteiger partial charge in [-0.05, 0) is 24.6 Å². The maximum atomic E-state index is 5.68. The largest absolute Gasteiger partial charge is 2.00 e. The van der Waals surface area contributed by atoms with E-state index in [4.69, 9.17) is 23.2 Å². The van der Waals surface area contributed by atoms with Gasteiger partial charge in [-0.2, -0.15) is 0 Å². The van der Waals surface area contributed by atoms with Crippen molar-refractivity contribution >= 4 is 46.3 Å². The Kier molecular flexibility index (Phi) is 14.5. The predicted molar refractivity (Wildman–Crippen MR) is 47.0 cm³/mol. The van der Waals surface area contributed by atoms with Crippen LogP contribution in [0.25, 0.3) is 0 Å². The molecule has 0 atom stereocenters. The molecular weight excluding hydrogens is 339 g/mol. The van der Waals surface area contributed by atoms with Gasteiger partial charge in [-0.25, -0.2) is 0 Å². The molecule has 0 saturated carbocycles. The summed E-state index contributed by atoms with van der Waals surface area (Å²) < 4.78 is 0. The summed E-state index contributed by atoms with van der Waals surface area (Å²) in [6.45, 7) is 1.97. The molecule has 12 heavy (non-hydrogen) atoms. The van der Waals surface area contributed by atoms with Gasteiger partial charge >= 0.3 is 23.1 Å². The van der Waals surface area contributed by atoms with E-state index in [0.29, 0.717) is 10.0 Å².